The molecule has 1 aromatic heterocycles. The number of alkyl halides is 3. The summed E-state index contributed by atoms with van der Waals surface area (Å²) >= 11 is 1.04. The van der Waals surface area contributed by atoms with Gasteiger partial charge in [0.25, 0.3) is 0 Å². The Bertz CT molecular complexity index is 352. The molecule has 0 aliphatic carbocycles. The largest absolute Gasteiger partial charge is 0.434 e. The summed E-state index contributed by atoms with van der Waals surface area (Å²) in [5, 5.41) is 3.30. The molecule has 98 valence electrons. The first-order valence-corrected chi connectivity index (χ1v) is 6.06. The molecule has 0 spiro atoms. The Balaban J connectivity index is 2.84. The van der Waals surface area contributed by atoms with Gasteiger partial charge in [0.2, 0.25) is 0 Å². The number of halogens is 3. The summed E-state index contributed by atoms with van der Waals surface area (Å²) in [7, 11) is 1.43. The summed E-state index contributed by atoms with van der Waals surface area (Å²) in [5.74, 6) is 0. The molecule has 0 bridgehead atoms. The van der Waals surface area contributed by atoms with Gasteiger partial charge in [0.1, 0.15) is 5.01 Å². The Morgan fingerprint density at radius 3 is 2.65 bits per heavy atom. The minimum atomic E-state index is -4.40. The van der Waals surface area contributed by atoms with E-state index in [0.717, 1.165) is 17.8 Å². The van der Waals surface area contributed by atoms with Crippen molar-refractivity contribution in [1.82, 2.24) is 10.3 Å². The van der Waals surface area contributed by atoms with Crippen molar-refractivity contribution >= 4 is 11.3 Å². The van der Waals surface area contributed by atoms with Crippen molar-refractivity contribution in [3.63, 3.8) is 0 Å². The van der Waals surface area contributed by atoms with E-state index in [4.69, 9.17) is 4.74 Å². The molecule has 1 rings (SSSR count). The van der Waals surface area contributed by atoms with Gasteiger partial charge < -0.3 is 10.1 Å². The molecule has 0 unspecified atom stereocenters. The standard InChI is InChI=1S/C10H15F3N2OS/c1-3-4-14-5-7-9(10(11,12)13)15-8(17-7)6-16-2/h14H,3-6H2,1-2H3. The van der Waals surface area contributed by atoms with Gasteiger partial charge in [-0.15, -0.1) is 11.3 Å². The van der Waals surface area contributed by atoms with Crippen LogP contribution in [0, 0.1) is 0 Å². The molecule has 7 heteroatoms. The lowest BCUT2D eigenvalue weighted by Gasteiger charge is -2.06. The van der Waals surface area contributed by atoms with Crippen molar-refractivity contribution in [2.45, 2.75) is 32.7 Å². The molecule has 0 aliphatic rings. The summed E-state index contributed by atoms with van der Waals surface area (Å²) in [6.07, 6.45) is -3.52. The van der Waals surface area contributed by atoms with E-state index in [1.54, 1.807) is 0 Å². The average Bonchev–Trinajstić information content (AvgIpc) is 2.62. The van der Waals surface area contributed by atoms with Crippen LogP contribution in [0.15, 0.2) is 0 Å². The summed E-state index contributed by atoms with van der Waals surface area (Å²) in [5.41, 5.74) is -0.793. The van der Waals surface area contributed by atoms with Gasteiger partial charge in [-0.3, -0.25) is 0 Å². The lowest BCUT2D eigenvalue weighted by Crippen LogP contribution is -2.17. The first-order valence-electron chi connectivity index (χ1n) is 5.24. The first kappa shape index (κ1) is 14.4. The van der Waals surface area contributed by atoms with Crippen molar-refractivity contribution in [3.05, 3.63) is 15.6 Å². The predicted octanol–water partition coefficient (Wildman–Crippen LogP) is 2.81. The quantitative estimate of drug-likeness (QED) is 0.806. The van der Waals surface area contributed by atoms with Gasteiger partial charge in [-0.25, -0.2) is 4.98 Å². The highest BCUT2D eigenvalue weighted by Gasteiger charge is 2.37. The summed E-state index contributed by atoms with van der Waals surface area (Å²) < 4.78 is 42.9. The Kier molecular flexibility index (Phi) is 5.35. The van der Waals surface area contributed by atoms with Crippen LogP contribution in [-0.4, -0.2) is 18.6 Å². The second-order valence-electron chi connectivity index (χ2n) is 3.49. The normalized spacial score (nSPS) is 12.1. The molecule has 1 heterocycles. The van der Waals surface area contributed by atoms with Crippen molar-refractivity contribution < 1.29 is 17.9 Å². The maximum atomic E-state index is 12.7. The fourth-order valence-corrected chi connectivity index (χ4v) is 2.34. The van der Waals surface area contributed by atoms with Gasteiger partial charge in [0.05, 0.1) is 11.5 Å². The van der Waals surface area contributed by atoms with E-state index in [1.165, 1.54) is 7.11 Å². The Morgan fingerprint density at radius 2 is 2.12 bits per heavy atom. The molecule has 0 fully saturated rings. The minimum Gasteiger partial charge on any atom is -0.378 e. The average molecular weight is 268 g/mol. The second-order valence-corrected chi connectivity index (χ2v) is 4.66. The molecular weight excluding hydrogens is 253 g/mol. The molecule has 0 aliphatic heterocycles. The maximum Gasteiger partial charge on any atom is 0.434 e. The van der Waals surface area contributed by atoms with Crippen LogP contribution < -0.4 is 5.32 Å². The molecule has 17 heavy (non-hydrogen) atoms. The van der Waals surface area contributed by atoms with Crippen LogP contribution in [-0.2, 0) is 24.1 Å². The van der Waals surface area contributed by atoms with E-state index >= 15 is 0 Å². The van der Waals surface area contributed by atoms with E-state index in [9.17, 15) is 13.2 Å². The highest BCUT2D eigenvalue weighted by molar-refractivity contribution is 7.11. The van der Waals surface area contributed by atoms with E-state index in [1.807, 2.05) is 6.92 Å². The number of nitrogens with one attached hydrogen (secondary N) is 1. The predicted molar refractivity (Wildman–Crippen MR) is 59.8 cm³/mol. The van der Waals surface area contributed by atoms with Gasteiger partial charge in [-0.2, -0.15) is 13.2 Å². The molecular formula is C10H15F3N2OS. The van der Waals surface area contributed by atoms with Crippen molar-refractivity contribution in [3.8, 4) is 0 Å². The van der Waals surface area contributed by atoms with Crippen LogP contribution in [0.2, 0.25) is 0 Å². The molecule has 3 nitrogen and oxygen atoms in total. The third-order valence-electron chi connectivity index (χ3n) is 1.99. The number of hydrogen-bond donors (Lipinski definition) is 1. The van der Waals surface area contributed by atoms with Gasteiger partial charge in [-0.05, 0) is 13.0 Å². The number of methoxy groups -OCH3 is 1. The lowest BCUT2D eigenvalue weighted by molar-refractivity contribution is -0.141. The zero-order valence-electron chi connectivity index (χ0n) is 9.73. The van der Waals surface area contributed by atoms with Crippen LogP contribution in [0.25, 0.3) is 0 Å². The molecule has 0 radical (unpaired) electrons. The van der Waals surface area contributed by atoms with Gasteiger partial charge in [0, 0.05) is 13.7 Å². The van der Waals surface area contributed by atoms with E-state index < -0.39 is 11.9 Å². The number of aromatic nitrogens is 1. The van der Waals surface area contributed by atoms with E-state index in [2.05, 4.69) is 10.3 Å². The molecule has 0 amide bonds. The Morgan fingerprint density at radius 1 is 1.41 bits per heavy atom. The van der Waals surface area contributed by atoms with Crippen molar-refractivity contribution in [2.24, 2.45) is 0 Å². The second kappa shape index (κ2) is 6.32. The third kappa shape index (κ3) is 4.25. The topological polar surface area (TPSA) is 34.1 Å². The molecule has 0 aromatic carbocycles. The van der Waals surface area contributed by atoms with Gasteiger partial charge >= 0.3 is 6.18 Å². The fraction of sp³-hybridized carbons (Fsp3) is 0.700. The first-order chi connectivity index (χ1) is 7.99. The molecule has 0 atom stereocenters. The number of ether oxygens (including phenoxy) is 1. The maximum absolute atomic E-state index is 12.7. The zero-order valence-corrected chi connectivity index (χ0v) is 10.5. The lowest BCUT2D eigenvalue weighted by atomic mass is 10.3. The van der Waals surface area contributed by atoms with Gasteiger partial charge in [-0.1, -0.05) is 6.92 Å². The summed E-state index contributed by atoms with van der Waals surface area (Å²) in [4.78, 5) is 3.80. The molecule has 1 N–H and O–H groups in total. The Labute approximate surface area is 102 Å². The SMILES string of the molecule is CCCNCc1sc(COC)nc1C(F)(F)F. The summed E-state index contributed by atoms with van der Waals surface area (Å²) in [6.45, 7) is 2.96. The van der Waals surface area contributed by atoms with Crippen LogP contribution in [0.3, 0.4) is 0 Å². The van der Waals surface area contributed by atoms with Crippen LogP contribution in [0.5, 0.6) is 0 Å². The highest BCUT2D eigenvalue weighted by Crippen LogP contribution is 2.34. The van der Waals surface area contributed by atoms with E-state index in [0.29, 0.717) is 11.6 Å². The van der Waals surface area contributed by atoms with Crippen LogP contribution in [0.4, 0.5) is 13.2 Å². The Hall–Kier alpha value is -0.660. The smallest absolute Gasteiger partial charge is 0.378 e. The van der Waals surface area contributed by atoms with Crippen LogP contribution in [0.1, 0.15) is 28.9 Å². The van der Waals surface area contributed by atoms with Crippen LogP contribution >= 0.6 is 11.3 Å². The summed E-state index contributed by atoms with van der Waals surface area (Å²) in [6, 6.07) is 0. The monoisotopic (exact) mass is 268 g/mol. The number of rotatable bonds is 6. The van der Waals surface area contributed by atoms with E-state index in [-0.39, 0.29) is 18.0 Å². The number of hydrogen-bond acceptors (Lipinski definition) is 4. The molecule has 0 saturated heterocycles. The highest BCUT2D eigenvalue weighted by atomic mass is 32.1. The van der Waals surface area contributed by atoms with Crippen molar-refractivity contribution in [1.29, 1.82) is 0 Å². The van der Waals surface area contributed by atoms with Crippen molar-refractivity contribution in [2.75, 3.05) is 13.7 Å². The van der Waals surface area contributed by atoms with Gasteiger partial charge in [0.15, 0.2) is 5.69 Å². The number of nitrogens with zero attached hydrogens (tertiary/aromatic N) is 1. The third-order valence-corrected chi connectivity index (χ3v) is 3.02. The number of thiazole rings is 1. The zero-order chi connectivity index (χ0) is 12.9. The minimum absolute atomic E-state index is 0.113. The molecule has 0 saturated carbocycles. The fourth-order valence-electron chi connectivity index (χ4n) is 1.31. The molecule has 1 aromatic rings.